The molecule has 0 N–H and O–H groups in total. The summed E-state index contributed by atoms with van der Waals surface area (Å²) in [4.78, 5) is 0. The third kappa shape index (κ3) is 17.8. The highest BCUT2D eigenvalue weighted by Gasteiger charge is 2.25. The van der Waals surface area contributed by atoms with E-state index in [0.717, 1.165) is 57.8 Å². The molecule has 0 fully saturated rings. The molecule has 0 bridgehead atoms. The van der Waals surface area contributed by atoms with E-state index in [4.69, 9.17) is 0 Å². The van der Waals surface area contributed by atoms with Gasteiger partial charge in [0.05, 0.1) is 0 Å². The third-order valence-electron chi connectivity index (χ3n) is 4.37. The first-order valence-electron chi connectivity index (χ1n) is 10.6. The summed E-state index contributed by atoms with van der Waals surface area (Å²) < 4.78 is 47.8. The van der Waals surface area contributed by atoms with Gasteiger partial charge in [-0.1, -0.05) is 52.4 Å². The molecule has 0 aromatic heterocycles. The Morgan fingerprint density at radius 1 is 0.370 bits per heavy atom. The zero-order valence-corrected chi connectivity index (χ0v) is 20.6. The summed E-state index contributed by atoms with van der Waals surface area (Å²) in [6.45, 7) is 4.32. The van der Waals surface area contributed by atoms with Gasteiger partial charge in [0.15, 0.2) is 63.8 Å². The molecule has 0 aromatic carbocycles. The van der Waals surface area contributed by atoms with E-state index >= 15 is 0 Å². The number of unbranched alkanes of at least 4 members (excludes halogenated alkanes) is 10. The fourth-order valence-corrected chi connectivity index (χ4v) is 8.78. The van der Waals surface area contributed by atoms with Crippen LogP contribution in [0.25, 0.3) is 0 Å². The van der Waals surface area contributed by atoms with Crippen molar-refractivity contribution in [2.24, 2.45) is 0 Å². The fraction of sp³-hybridized carbons (Fsp3) is 1.00. The minimum atomic E-state index is -1.27. The van der Waals surface area contributed by atoms with Crippen LogP contribution in [0.2, 0.25) is 0 Å². The topological polar surface area (TPSA) is 92.2 Å². The van der Waals surface area contributed by atoms with Crippen LogP contribution in [0.15, 0.2) is 0 Å². The van der Waals surface area contributed by atoms with Crippen molar-refractivity contribution < 1.29 is 18.2 Å². The van der Waals surface area contributed by atoms with Crippen LogP contribution >= 0.6 is 0 Å². The summed E-state index contributed by atoms with van der Waals surface area (Å²) in [7, 11) is -5.00. The molecule has 0 aliphatic heterocycles. The van der Waals surface area contributed by atoms with Crippen molar-refractivity contribution in [2.75, 3.05) is 23.0 Å². The molecule has 0 radical (unpaired) electrons. The van der Waals surface area contributed by atoms with Crippen molar-refractivity contribution in [3.05, 3.63) is 0 Å². The van der Waals surface area contributed by atoms with E-state index in [2.05, 4.69) is 13.8 Å². The standard InChI is InChI=1S/C19H40O4S4/c1-3-5-7-9-12-16-24(20)26(22)18-14-11-15-19-27(23)25(21)17-13-10-8-6-4-2/h3-19H2,1-2H3. The lowest BCUT2D eigenvalue weighted by molar-refractivity contribution is 0.572. The molecule has 0 spiro atoms. The van der Waals surface area contributed by atoms with Gasteiger partial charge in [0.25, 0.3) is 0 Å². The first-order chi connectivity index (χ1) is 13.0. The average molecular weight is 461 g/mol. The van der Waals surface area contributed by atoms with Crippen LogP contribution in [0.5, 0.6) is 0 Å². The van der Waals surface area contributed by atoms with Gasteiger partial charge in [0.2, 0.25) is 0 Å². The van der Waals surface area contributed by atoms with Gasteiger partial charge >= 0.3 is 0 Å². The molecule has 27 heavy (non-hydrogen) atoms. The van der Waals surface area contributed by atoms with Crippen LogP contribution in [-0.2, 0) is 40.8 Å². The number of hydrogen-bond acceptors (Lipinski definition) is 4. The van der Waals surface area contributed by atoms with Crippen molar-refractivity contribution in [1.82, 2.24) is 0 Å². The highest BCUT2D eigenvalue weighted by molar-refractivity contribution is 8.67. The molecule has 0 saturated carbocycles. The Hall–Kier alpha value is 1.24. The summed E-state index contributed by atoms with van der Waals surface area (Å²) >= 11 is 0. The highest BCUT2D eigenvalue weighted by Crippen LogP contribution is 2.15. The van der Waals surface area contributed by atoms with Crippen LogP contribution in [0.3, 0.4) is 0 Å². The average Bonchev–Trinajstić information content (AvgIpc) is 2.66. The maximum atomic E-state index is 12.0. The lowest BCUT2D eigenvalue weighted by atomic mass is 10.2. The molecule has 4 atom stereocenters. The maximum Gasteiger partial charge on any atom is 0.170 e. The van der Waals surface area contributed by atoms with Gasteiger partial charge in [-0.3, -0.25) is 0 Å². The Morgan fingerprint density at radius 2 is 0.593 bits per heavy atom. The Morgan fingerprint density at radius 3 is 0.852 bits per heavy atom. The molecule has 0 aliphatic carbocycles. The summed E-state index contributed by atoms with van der Waals surface area (Å²) in [5, 5.41) is 0. The van der Waals surface area contributed by atoms with Crippen LogP contribution < -0.4 is 0 Å². The van der Waals surface area contributed by atoms with E-state index in [9.17, 15) is 18.2 Å². The Kier molecular flexibility index (Phi) is 21.5. The second kappa shape index (κ2) is 20.5. The molecule has 164 valence electrons. The van der Waals surface area contributed by atoms with E-state index < -0.39 is 40.8 Å². The lowest BCUT2D eigenvalue weighted by Gasteiger charge is -2.13. The Bertz CT molecular complexity index is 285. The summed E-state index contributed by atoms with van der Waals surface area (Å²) in [6, 6.07) is 0. The first-order valence-corrected chi connectivity index (χ1v) is 16.9. The largest absolute Gasteiger partial charge is 0.571 e. The Balaban J connectivity index is 3.58. The predicted molar refractivity (Wildman–Crippen MR) is 123 cm³/mol. The number of rotatable bonds is 20. The lowest BCUT2D eigenvalue weighted by Crippen LogP contribution is -2.23. The minimum absolute atomic E-state index is 0.453. The Labute approximate surface area is 178 Å². The van der Waals surface area contributed by atoms with Crippen LogP contribution in [0, 0.1) is 0 Å². The van der Waals surface area contributed by atoms with Crippen molar-refractivity contribution in [3.8, 4) is 0 Å². The molecule has 0 rings (SSSR count). The molecule has 0 aromatic rings. The van der Waals surface area contributed by atoms with E-state index in [1.165, 1.54) is 25.7 Å². The van der Waals surface area contributed by atoms with Gasteiger partial charge in [-0.25, -0.2) is 0 Å². The molecule has 0 heterocycles. The molecule has 0 saturated heterocycles. The molecule has 4 unspecified atom stereocenters. The van der Waals surface area contributed by atoms with Crippen molar-refractivity contribution in [2.45, 2.75) is 97.3 Å². The molecular formula is C19H40O4S4. The minimum Gasteiger partial charge on any atom is -0.571 e. The summed E-state index contributed by atoms with van der Waals surface area (Å²) in [5.74, 6) is 1.98. The first kappa shape index (κ1) is 28.2. The highest BCUT2D eigenvalue weighted by atomic mass is 33.2. The molecule has 8 heteroatoms. The normalized spacial score (nSPS) is 16.2. The maximum absolute atomic E-state index is 12.0. The van der Waals surface area contributed by atoms with Gasteiger partial charge in [0, 0.05) is 0 Å². The summed E-state index contributed by atoms with van der Waals surface area (Å²) in [6.07, 6.45) is 13.3. The van der Waals surface area contributed by atoms with Gasteiger partial charge in [-0.05, 0) is 44.9 Å². The van der Waals surface area contributed by atoms with Gasteiger partial charge in [-0.15, -0.1) is 0 Å². The van der Waals surface area contributed by atoms with Crippen LogP contribution in [0.1, 0.15) is 97.3 Å². The fourth-order valence-electron chi connectivity index (χ4n) is 2.64. The zero-order valence-electron chi connectivity index (χ0n) is 17.3. The van der Waals surface area contributed by atoms with Gasteiger partial charge in [0.1, 0.15) is 0 Å². The van der Waals surface area contributed by atoms with Crippen molar-refractivity contribution in [1.29, 1.82) is 0 Å². The molecule has 4 nitrogen and oxygen atoms in total. The molecule has 0 amide bonds. The van der Waals surface area contributed by atoms with E-state index in [-0.39, 0.29) is 0 Å². The van der Waals surface area contributed by atoms with Crippen molar-refractivity contribution >= 4 is 40.8 Å². The smallest absolute Gasteiger partial charge is 0.170 e. The molecule has 0 aliphatic rings. The SMILES string of the molecule is CCCCCCC[S+]([O-])[S+]([O-])CCCCC[S+]([O-])[S+]([O-])CCCCCCC. The molecular weight excluding hydrogens is 420 g/mol. The van der Waals surface area contributed by atoms with E-state index in [0.29, 0.717) is 23.0 Å². The van der Waals surface area contributed by atoms with Crippen LogP contribution in [-0.4, -0.2) is 41.2 Å². The van der Waals surface area contributed by atoms with Gasteiger partial charge in [-0.2, -0.15) is 0 Å². The van der Waals surface area contributed by atoms with Gasteiger partial charge < -0.3 is 18.2 Å². The van der Waals surface area contributed by atoms with Crippen LogP contribution in [0.4, 0.5) is 0 Å². The third-order valence-corrected chi connectivity index (χ3v) is 12.2. The van der Waals surface area contributed by atoms with E-state index in [1.807, 2.05) is 0 Å². The number of hydrogen-bond donors (Lipinski definition) is 0. The zero-order chi connectivity index (χ0) is 20.3. The summed E-state index contributed by atoms with van der Waals surface area (Å²) in [5.41, 5.74) is 0. The van der Waals surface area contributed by atoms with E-state index in [1.54, 1.807) is 0 Å². The monoisotopic (exact) mass is 460 g/mol. The van der Waals surface area contributed by atoms with Crippen molar-refractivity contribution in [3.63, 3.8) is 0 Å². The second-order valence-corrected chi connectivity index (χ2v) is 15.4. The second-order valence-electron chi connectivity index (χ2n) is 6.92. The quantitative estimate of drug-likeness (QED) is 0.146. The predicted octanol–water partition coefficient (Wildman–Crippen LogP) is 4.92.